The Morgan fingerprint density at radius 3 is 2.56 bits per heavy atom. The number of hydrogen-bond acceptors (Lipinski definition) is 6. The van der Waals surface area contributed by atoms with Crippen molar-refractivity contribution in [1.82, 2.24) is 9.97 Å². The Morgan fingerprint density at radius 1 is 1.16 bits per heavy atom. The summed E-state index contributed by atoms with van der Waals surface area (Å²) in [5.41, 5.74) is 8.10. The molecule has 2 N–H and O–H groups in total. The zero-order valence-corrected chi connectivity index (χ0v) is 13.4. The summed E-state index contributed by atoms with van der Waals surface area (Å²) in [7, 11) is 1.32. The summed E-state index contributed by atoms with van der Waals surface area (Å²) in [6.45, 7) is 0. The van der Waals surface area contributed by atoms with Crippen LogP contribution in [-0.4, -0.2) is 23.0 Å². The molecule has 122 valence electrons. The van der Waals surface area contributed by atoms with E-state index >= 15 is 0 Å². The van der Waals surface area contributed by atoms with Gasteiger partial charge in [-0.2, -0.15) is 5.26 Å². The van der Waals surface area contributed by atoms with E-state index in [-0.39, 0.29) is 11.4 Å². The maximum Gasteiger partial charge on any atom is 0.337 e. The number of esters is 1. The normalized spacial score (nSPS) is 11.1. The molecular formula is C19H14N4O2. The first kappa shape index (κ1) is 16.1. The highest BCUT2D eigenvalue weighted by Gasteiger charge is 2.10. The van der Waals surface area contributed by atoms with Gasteiger partial charge in [0.15, 0.2) is 5.82 Å². The molecule has 0 aliphatic heterocycles. The Hall–Kier alpha value is -3.72. The van der Waals surface area contributed by atoms with Gasteiger partial charge in [-0.25, -0.2) is 14.8 Å². The Labute approximate surface area is 144 Å². The number of ether oxygens (including phenoxy) is 1. The third-order valence-corrected chi connectivity index (χ3v) is 3.64. The van der Waals surface area contributed by atoms with E-state index in [1.807, 2.05) is 24.3 Å². The summed E-state index contributed by atoms with van der Waals surface area (Å²) in [4.78, 5) is 20.1. The highest BCUT2D eigenvalue weighted by Crippen LogP contribution is 2.22. The van der Waals surface area contributed by atoms with Crippen LogP contribution in [0.2, 0.25) is 0 Å². The number of nitrogens with zero attached hydrogens (tertiary/aromatic N) is 3. The van der Waals surface area contributed by atoms with Crippen molar-refractivity contribution in [2.75, 3.05) is 12.8 Å². The van der Waals surface area contributed by atoms with Crippen molar-refractivity contribution in [2.45, 2.75) is 0 Å². The van der Waals surface area contributed by atoms with Crippen molar-refractivity contribution in [3.05, 3.63) is 65.5 Å². The fourth-order valence-electron chi connectivity index (χ4n) is 2.37. The number of nitriles is 1. The lowest BCUT2D eigenvalue weighted by molar-refractivity contribution is 0.0600. The van der Waals surface area contributed by atoms with E-state index in [4.69, 9.17) is 5.73 Å². The minimum Gasteiger partial charge on any atom is -0.465 e. The number of allylic oxidation sites excluding steroid dienone is 1. The van der Waals surface area contributed by atoms with E-state index in [2.05, 4.69) is 20.8 Å². The van der Waals surface area contributed by atoms with Gasteiger partial charge in [0.2, 0.25) is 0 Å². The van der Waals surface area contributed by atoms with Gasteiger partial charge in [0.1, 0.15) is 11.9 Å². The molecule has 1 heterocycles. The molecule has 0 radical (unpaired) electrons. The number of rotatable bonds is 3. The van der Waals surface area contributed by atoms with E-state index in [0.717, 1.165) is 10.9 Å². The maximum atomic E-state index is 11.5. The molecule has 0 amide bonds. The molecule has 0 aliphatic rings. The van der Waals surface area contributed by atoms with Crippen molar-refractivity contribution >= 4 is 34.3 Å². The minimum absolute atomic E-state index is 0.260. The SMILES string of the molecule is COC(=O)c1ccc(/C=C(/C#N)c2nc(N)c3ccccc3n2)cc1. The number of anilines is 1. The Kier molecular flexibility index (Phi) is 4.40. The molecule has 0 unspecified atom stereocenters. The molecule has 6 heteroatoms. The molecule has 0 fully saturated rings. The van der Waals surface area contributed by atoms with Crippen LogP contribution in [0.1, 0.15) is 21.7 Å². The molecule has 0 saturated carbocycles. The molecule has 0 saturated heterocycles. The second-order valence-corrected chi connectivity index (χ2v) is 5.23. The average Bonchev–Trinajstić information content (AvgIpc) is 2.66. The van der Waals surface area contributed by atoms with Crippen LogP contribution in [0.4, 0.5) is 5.82 Å². The zero-order chi connectivity index (χ0) is 17.8. The van der Waals surface area contributed by atoms with Crippen molar-refractivity contribution in [2.24, 2.45) is 0 Å². The molecule has 25 heavy (non-hydrogen) atoms. The number of aromatic nitrogens is 2. The molecule has 3 aromatic rings. The standard InChI is InChI=1S/C19H14N4O2/c1-25-19(24)13-8-6-12(7-9-13)10-14(11-20)18-22-16-5-3-2-4-15(16)17(21)23-18/h2-10H,1H3,(H2,21,22,23)/b14-10-. The van der Waals surface area contributed by atoms with Crippen LogP contribution in [-0.2, 0) is 4.74 Å². The summed E-state index contributed by atoms with van der Waals surface area (Å²) in [6.07, 6.45) is 1.64. The molecule has 0 spiro atoms. The van der Waals surface area contributed by atoms with Crippen LogP contribution in [0, 0.1) is 11.3 Å². The number of nitrogens with two attached hydrogens (primary N) is 1. The molecule has 1 aromatic heterocycles. The van der Waals surface area contributed by atoms with Gasteiger partial charge in [0.05, 0.1) is 23.8 Å². The molecule has 2 aromatic carbocycles. The topological polar surface area (TPSA) is 102 Å². The van der Waals surface area contributed by atoms with Crippen molar-refractivity contribution in [3.8, 4) is 6.07 Å². The number of nitrogen functional groups attached to an aromatic ring is 1. The van der Waals surface area contributed by atoms with Gasteiger partial charge in [-0.05, 0) is 35.9 Å². The first-order chi connectivity index (χ1) is 12.1. The summed E-state index contributed by atoms with van der Waals surface area (Å²) in [5, 5.41) is 10.2. The van der Waals surface area contributed by atoms with Crippen molar-refractivity contribution in [3.63, 3.8) is 0 Å². The van der Waals surface area contributed by atoms with Gasteiger partial charge in [-0.1, -0.05) is 24.3 Å². The van der Waals surface area contributed by atoms with E-state index in [1.54, 1.807) is 30.3 Å². The van der Waals surface area contributed by atoms with Crippen molar-refractivity contribution < 1.29 is 9.53 Å². The third-order valence-electron chi connectivity index (χ3n) is 3.64. The predicted molar refractivity (Wildman–Crippen MR) is 95.2 cm³/mol. The average molecular weight is 330 g/mol. The summed E-state index contributed by atoms with van der Waals surface area (Å²) >= 11 is 0. The monoisotopic (exact) mass is 330 g/mol. The van der Waals surface area contributed by atoms with Crippen LogP contribution in [0.15, 0.2) is 48.5 Å². The Bertz CT molecular complexity index is 1020. The second kappa shape index (κ2) is 6.81. The fourth-order valence-corrected chi connectivity index (χ4v) is 2.37. The molecule has 3 rings (SSSR count). The van der Waals surface area contributed by atoms with E-state index in [9.17, 15) is 10.1 Å². The fraction of sp³-hybridized carbons (Fsp3) is 0.0526. The van der Waals surface area contributed by atoms with E-state index < -0.39 is 5.97 Å². The molecular weight excluding hydrogens is 316 g/mol. The van der Waals surface area contributed by atoms with Crippen LogP contribution in [0.5, 0.6) is 0 Å². The van der Waals surface area contributed by atoms with Gasteiger partial charge in [0.25, 0.3) is 0 Å². The second-order valence-electron chi connectivity index (χ2n) is 5.23. The third kappa shape index (κ3) is 3.31. The van der Waals surface area contributed by atoms with Gasteiger partial charge >= 0.3 is 5.97 Å². The molecule has 0 aliphatic carbocycles. The number of hydrogen-bond donors (Lipinski definition) is 1. The lowest BCUT2D eigenvalue weighted by Crippen LogP contribution is -2.01. The van der Waals surface area contributed by atoms with E-state index in [0.29, 0.717) is 16.9 Å². The largest absolute Gasteiger partial charge is 0.465 e. The van der Waals surface area contributed by atoms with Gasteiger partial charge in [-0.15, -0.1) is 0 Å². The Balaban J connectivity index is 2.01. The summed E-state index contributed by atoms with van der Waals surface area (Å²) < 4.78 is 4.66. The molecule has 0 bridgehead atoms. The van der Waals surface area contributed by atoms with Gasteiger partial charge in [0, 0.05) is 5.39 Å². The number of fused-ring (bicyclic) bond motifs is 1. The van der Waals surface area contributed by atoms with Gasteiger partial charge < -0.3 is 10.5 Å². The van der Waals surface area contributed by atoms with E-state index in [1.165, 1.54) is 7.11 Å². The summed E-state index contributed by atoms with van der Waals surface area (Å²) in [5.74, 6) is 0.167. The van der Waals surface area contributed by atoms with Crippen LogP contribution >= 0.6 is 0 Å². The summed E-state index contributed by atoms with van der Waals surface area (Å²) in [6, 6.07) is 16.1. The number of methoxy groups -OCH3 is 1. The van der Waals surface area contributed by atoms with Gasteiger partial charge in [-0.3, -0.25) is 0 Å². The van der Waals surface area contributed by atoms with Crippen molar-refractivity contribution in [1.29, 1.82) is 5.26 Å². The quantitative estimate of drug-likeness (QED) is 0.585. The van der Waals surface area contributed by atoms with Crippen LogP contribution < -0.4 is 5.73 Å². The highest BCUT2D eigenvalue weighted by molar-refractivity contribution is 5.93. The first-order valence-electron chi connectivity index (χ1n) is 7.45. The molecule has 0 atom stereocenters. The predicted octanol–water partition coefficient (Wildman–Crippen LogP) is 3.06. The number of para-hydroxylation sites is 1. The number of benzene rings is 2. The lowest BCUT2D eigenvalue weighted by atomic mass is 10.1. The maximum absolute atomic E-state index is 11.5. The number of carbonyl (C=O) groups excluding carboxylic acids is 1. The first-order valence-corrected chi connectivity index (χ1v) is 7.45. The van der Waals surface area contributed by atoms with Crippen LogP contribution in [0.25, 0.3) is 22.6 Å². The zero-order valence-electron chi connectivity index (χ0n) is 13.4. The lowest BCUT2D eigenvalue weighted by Gasteiger charge is -2.05. The van der Waals surface area contributed by atoms with Crippen LogP contribution in [0.3, 0.4) is 0 Å². The Morgan fingerprint density at radius 2 is 1.88 bits per heavy atom. The smallest absolute Gasteiger partial charge is 0.337 e. The number of carbonyl (C=O) groups is 1. The highest BCUT2D eigenvalue weighted by atomic mass is 16.5. The minimum atomic E-state index is -0.415. The molecule has 6 nitrogen and oxygen atoms in total.